The van der Waals surface area contributed by atoms with Crippen molar-refractivity contribution in [3.63, 3.8) is 0 Å². The third-order valence-corrected chi connectivity index (χ3v) is 2.40. The first kappa shape index (κ1) is 8.97. The zero-order valence-electron chi connectivity index (χ0n) is 6.96. The molecule has 1 aliphatic rings. The van der Waals surface area contributed by atoms with Gasteiger partial charge in [0.2, 0.25) is 0 Å². The van der Waals surface area contributed by atoms with E-state index in [2.05, 4.69) is 4.90 Å². The Hall–Kier alpha value is -0.600. The van der Waals surface area contributed by atoms with Crippen molar-refractivity contribution < 1.29 is 4.74 Å². The fourth-order valence-electron chi connectivity index (χ4n) is 1.36. The highest BCUT2D eigenvalue weighted by atomic mass is 35.5. The number of hydrogen-bond acceptors (Lipinski definition) is 2. The van der Waals surface area contributed by atoms with Crippen molar-refractivity contribution in [2.24, 2.45) is 0 Å². The molecule has 0 aromatic heterocycles. The van der Waals surface area contributed by atoms with E-state index in [-0.39, 0.29) is 0 Å². The van der Waals surface area contributed by atoms with Crippen molar-refractivity contribution in [3.05, 3.63) is 23.2 Å². The van der Waals surface area contributed by atoms with Crippen LogP contribution in [0.2, 0.25) is 5.02 Å². The van der Waals surface area contributed by atoms with Crippen molar-refractivity contribution in [3.8, 4) is 5.75 Å². The fourth-order valence-corrected chi connectivity index (χ4v) is 1.73. The van der Waals surface area contributed by atoms with Crippen molar-refractivity contribution in [1.82, 2.24) is 0 Å². The zero-order chi connectivity index (χ0) is 9.26. The molecule has 0 fully saturated rings. The van der Waals surface area contributed by atoms with E-state index in [1.165, 1.54) is 0 Å². The summed E-state index contributed by atoms with van der Waals surface area (Å²) in [4.78, 5) is 2.06. The lowest BCUT2D eigenvalue weighted by Gasteiger charge is -2.13. The third kappa shape index (κ3) is 1.69. The summed E-state index contributed by atoms with van der Waals surface area (Å²) in [5, 5.41) is 0.726. The predicted octanol–water partition coefficient (Wildman–Crippen LogP) is 2.74. The highest BCUT2D eigenvalue weighted by Crippen LogP contribution is 2.35. The summed E-state index contributed by atoms with van der Waals surface area (Å²) >= 11 is 11.5. The maximum atomic E-state index is 5.87. The topological polar surface area (TPSA) is 12.5 Å². The van der Waals surface area contributed by atoms with E-state index in [0.717, 1.165) is 23.0 Å². The summed E-state index contributed by atoms with van der Waals surface area (Å²) in [6.45, 7) is 1.36. The van der Waals surface area contributed by atoms with Gasteiger partial charge in [-0.15, -0.1) is 11.6 Å². The monoisotopic (exact) mass is 217 g/mol. The molecule has 0 radical (unpaired) electrons. The number of alkyl halides is 1. The number of nitrogens with zero attached hydrogens (tertiary/aromatic N) is 1. The molecule has 0 atom stereocenters. The van der Waals surface area contributed by atoms with Gasteiger partial charge in [0, 0.05) is 17.4 Å². The highest BCUT2D eigenvalue weighted by molar-refractivity contribution is 6.31. The van der Waals surface area contributed by atoms with Crippen molar-refractivity contribution >= 4 is 28.9 Å². The van der Waals surface area contributed by atoms with Crippen LogP contribution in [0, 0.1) is 0 Å². The number of fused-ring (bicyclic) bond motifs is 1. The average Bonchev–Trinajstić information content (AvgIpc) is 2.49. The summed E-state index contributed by atoms with van der Waals surface area (Å²) in [7, 11) is 0. The Morgan fingerprint density at radius 3 is 3.08 bits per heavy atom. The number of ether oxygens (including phenoxy) is 1. The van der Waals surface area contributed by atoms with Crippen LogP contribution in [-0.2, 0) is 0 Å². The van der Waals surface area contributed by atoms with Gasteiger partial charge in [0.1, 0.15) is 5.75 Å². The average molecular weight is 218 g/mol. The van der Waals surface area contributed by atoms with E-state index in [1.54, 1.807) is 0 Å². The molecule has 1 aromatic rings. The standard InChI is InChI=1S/C9H9Cl2NO/c10-3-4-12-6-13-9-2-1-7(11)5-8(9)12/h1-2,5H,3-4,6H2. The molecule has 13 heavy (non-hydrogen) atoms. The predicted molar refractivity (Wildman–Crippen MR) is 55.0 cm³/mol. The molecule has 0 saturated heterocycles. The van der Waals surface area contributed by atoms with Crippen molar-refractivity contribution in [1.29, 1.82) is 0 Å². The quantitative estimate of drug-likeness (QED) is 0.707. The Bertz CT molecular complexity index is 314. The van der Waals surface area contributed by atoms with E-state index in [1.807, 2.05) is 18.2 Å². The second kappa shape index (κ2) is 3.64. The van der Waals surface area contributed by atoms with Gasteiger partial charge in [-0.05, 0) is 18.2 Å². The van der Waals surface area contributed by atoms with Gasteiger partial charge in [-0.25, -0.2) is 0 Å². The SMILES string of the molecule is ClCCN1COc2ccc(Cl)cc21. The molecule has 0 unspecified atom stereocenters. The molecule has 1 aromatic carbocycles. The van der Waals surface area contributed by atoms with Gasteiger partial charge < -0.3 is 9.64 Å². The minimum atomic E-state index is 0.572. The molecular weight excluding hydrogens is 209 g/mol. The van der Waals surface area contributed by atoms with Crippen LogP contribution in [0.25, 0.3) is 0 Å². The number of hydrogen-bond donors (Lipinski definition) is 0. The summed E-state index contributed by atoms with van der Waals surface area (Å²) in [5.74, 6) is 1.48. The Kier molecular flexibility index (Phi) is 2.51. The fraction of sp³-hybridized carbons (Fsp3) is 0.333. The van der Waals surface area contributed by atoms with Crippen LogP contribution in [-0.4, -0.2) is 19.2 Å². The van der Waals surface area contributed by atoms with E-state index in [9.17, 15) is 0 Å². The molecule has 0 saturated carbocycles. The molecule has 70 valence electrons. The first-order valence-electron chi connectivity index (χ1n) is 4.04. The first-order chi connectivity index (χ1) is 6.31. The Morgan fingerprint density at radius 2 is 2.31 bits per heavy atom. The Morgan fingerprint density at radius 1 is 1.46 bits per heavy atom. The minimum Gasteiger partial charge on any atom is -0.471 e. The molecule has 1 heterocycles. The number of benzene rings is 1. The highest BCUT2D eigenvalue weighted by Gasteiger charge is 2.19. The largest absolute Gasteiger partial charge is 0.471 e. The third-order valence-electron chi connectivity index (χ3n) is 1.99. The maximum Gasteiger partial charge on any atom is 0.161 e. The molecule has 0 spiro atoms. The van der Waals surface area contributed by atoms with E-state index >= 15 is 0 Å². The molecule has 0 N–H and O–H groups in total. The van der Waals surface area contributed by atoms with Gasteiger partial charge in [-0.1, -0.05) is 11.6 Å². The molecule has 0 aliphatic carbocycles. The normalized spacial score (nSPS) is 14.2. The van der Waals surface area contributed by atoms with Gasteiger partial charge in [0.05, 0.1) is 5.69 Å². The Labute approximate surface area is 87.0 Å². The lowest BCUT2D eigenvalue weighted by molar-refractivity contribution is 0.348. The van der Waals surface area contributed by atoms with Crippen LogP contribution >= 0.6 is 23.2 Å². The zero-order valence-corrected chi connectivity index (χ0v) is 8.48. The van der Waals surface area contributed by atoms with Crippen LogP contribution in [0.1, 0.15) is 0 Å². The van der Waals surface area contributed by atoms with Gasteiger partial charge in [0.15, 0.2) is 6.73 Å². The molecule has 2 nitrogen and oxygen atoms in total. The molecular formula is C9H9Cl2NO. The van der Waals surface area contributed by atoms with Gasteiger partial charge in [-0.3, -0.25) is 0 Å². The van der Waals surface area contributed by atoms with Crippen LogP contribution in [0.5, 0.6) is 5.75 Å². The molecule has 0 amide bonds. The lowest BCUT2D eigenvalue weighted by atomic mass is 10.3. The summed E-state index contributed by atoms with van der Waals surface area (Å²) in [6.07, 6.45) is 0. The van der Waals surface area contributed by atoms with Crippen molar-refractivity contribution in [2.45, 2.75) is 0 Å². The first-order valence-corrected chi connectivity index (χ1v) is 4.96. The maximum absolute atomic E-state index is 5.87. The number of halogens is 2. The van der Waals surface area contributed by atoms with Crippen LogP contribution in [0.4, 0.5) is 5.69 Å². The number of rotatable bonds is 2. The lowest BCUT2D eigenvalue weighted by Crippen LogP contribution is -2.24. The number of anilines is 1. The van der Waals surface area contributed by atoms with E-state index < -0.39 is 0 Å². The van der Waals surface area contributed by atoms with E-state index in [4.69, 9.17) is 27.9 Å². The van der Waals surface area contributed by atoms with Gasteiger partial charge in [-0.2, -0.15) is 0 Å². The Balaban J connectivity index is 2.29. The second-order valence-corrected chi connectivity index (χ2v) is 3.65. The summed E-state index contributed by atoms with van der Waals surface area (Å²) in [5.41, 5.74) is 1.04. The molecule has 2 rings (SSSR count). The molecule has 4 heteroatoms. The van der Waals surface area contributed by atoms with Crippen molar-refractivity contribution in [2.75, 3.05) is 24.1 Å². The van der Waals surface area contributed by atoms with Crippen LogP contribution < -0.4 is 9.64 Å². The molecule has 1 aliphatic heterocycles. The minimum absolute atomic E-state index is 0.572. The second-order valence-electron chi connectivity index (χ2n) is 2.84. The van der Waals surface area contributed by atoms with Crippen LogP contribution in [0.3, 0.4) is 0 Å². The van der Waals surface area contributed by atoms with Gasteiger partial charge in [0.25, 0.3) is 0 Å². The summed E-state index contributed by atoms with van der Waals surface area (Å²) in [6, 6.07) is 5.60. The van der Waals surface area contributed by atoms with E-state index in [0.29, 0.717) is 12.6 Å². The smallest absolute Gasteiger partial charge is 0.161 e. The van der Waals surface area contributed by atoms with Gasteiger partial charge >= 0.3 is 0 Å². The summed E-state index contributed by atoms with van der Waals surface area (Å²) < 4.78 is 5.43. The molecule has 0 bridgehead atoms. The van der Waals surface area contributed by atoms with Crippen LogP contribution in [0.15, 0.2) is 18.2 Å².